The first-order valence-corrected chi connectivity index (χ1v) is 3.75. The molecule has 0 saturated carbocycles. The Morgan fingerprint density at radius 2 is 1.25 bits per heavy atom. The minimum atomic E-state index is 0.565. The van der Waals surface area contributed by atoms with E-state index in [9.17, 15) is 0 Å². The summed E-state index contributed by atoms with van der Waals surface area (Å²) in [5.74, 6) is 1.98. The Labute approximate surface area is 58.4 Å². The molecule has 48 valence electrons. The molecule has 0 aromatic rings. The molecule has 0 radical (unpaired) electrons. The molecule has 0 aromatic carbocycles. The summed E-state index contributed by atoms with van der Waals surface area (Å²) in [6.45, 7) is 8.82. The summed E-state index contributed by atoms with van der Waals surface area (Å²) >= 11 is 4.42. The van der Waals surface area contributed by atoms with E-state index in [2.05, 4.69) is 40.2 Å². The van der Waals surface area contributed by atoms with Crippen LogP contribution in [0.1, 0.15) is 27.7 Å². The quantitative estimate of drug-likeness (QED) is 0.431. The van der Waals surface area contributed by atoms with Gasteiger partial charge in [0.05, 0.1) is 0 Å². The average molecular weight is 130 g/mol. The second-order valence-corrected chi connectivity index (χ2v) is 3.57. The van der Waals surface area contributed by atoms with Crippen molar-refractivity contribution in [3.8, 4) is 0 Å². The summed E-state index contributed by atoms with van der Waals surface area (Å²) in [6.07, 6.45) is 0. The van der Waals surface area contributed by atoms with Gasteiger partial charge in [0.25, 0.3) is 0 Å². The Morgan fingerprint density at radius 1 is 1.00 bits per heavy atom. The summed E-state index contributed by atoms with van der Waals surface area (Å²) in [7, 11) is 0. The van der Waals surface area contributed by atoms with Crippen LogP contribution in [0.5, 0.6) is 0 Å². The van der Waals surface area contributed by atoms with Crippen LogP contribution in [0.15, 0.2) is 0 Å². The van der Waals surface area contributed by atoms with Crippen molar-refractivity contribution >= 4 is 18.5 Å². The third-order valence-electron chi connectivity index (χ3n) is 1.37. The Balaban J connectivity index is 3.46. The number of rotatable bonds is 2. The molecule has 8 heavy (non-hydrogen) atoms. The fourth-order valence-electron chi connectivity index (χ4n) is 0.770. The molecule has 0 aliphatic heterocycles. The molecule has 2 heteroatoms. The molecular formula is C6H15BS. The molecule has 0 spiro atoms. The van der Waals surface area contributed by atoms with Gasteiger partial charge in [-0.25, -0.2) is 12.5 Å². The number of hydrogen-bond acceptors (Lipinski definition) is 1. The minimum absolute atomic E-state index is 0.565. The van der Waals surface area contributed by atoms with Crippen LogP contribution in [0, 0.1) is 0 Å². The van der Waals surface area contributed by atoms with Gasteiger partial charge in [-0.3, -0.25) is 0 Å². The van der Waals surface area contributed by atoms with E-state index < -0.39 is 0 Å². The third-order valence-corrected chi connectivity index (χ3v) is 2.56. The van der Waals surface area contributed by atoms with E-state index >= 15 is 0 Å². The standard InChI is InChI=1S/C6H15BS/c1-5(2)7(8)6(3)4/h5-6,8H,1-4H3. The highest BCUT2D eigenvalue weighted by molar-refractivity contribution is 8.10. The van der Waals surface area contributed by atoms with Crippen LogP contribution >= 0.6 is 12.5 Å². The van der Waals surface area contributed by atoms with Crippen LogP contribution in [-0.2, 0) is 0 Å². The van der Waals surface area contributed by atoms with Gasteiger partial charge in [0.1, 0.15) is 0 Å². The largest absolute Gasteiger partial charge is 0.226 e. The predicted molar refractivity (Wildman–Crippen MR) is 44.9 cm³/mol. The van der Waals surface area contributed by atoms with Gasteiger partial charge in [-0.2, -0.15) is 0 Å². The van der Waals surface area contributed by atoms with Gasteiger partial charge in [0, 0.05) is 0 Å². The number of hydrogen-bond donors (Lipinski definition) is 1. The molecule has 0 bridgehead atoms. The molecule has 0 aromatic heterocycles. The zero-order valence-electron chi connectivity index (χ0n) is 6.18. The first-order valence-electron chi connectivity index (χ1n) is 3.23. The summed E-state index contributed by atoms with van der Waals surface area (Å²) in [6, 6.07) is 0. The second kappa shape index (κ2) is 3.44. The van der Waals surface area contributed by atoms with Crippen LogP contribution in [-0.4, -0.2) is 5.99 Å². The highest BCUT2D eigenvalue weighted by Crippen LogP contribution is 2.21. The Bertz CT molecular complexity index is 53.5. The van der Waals surface area contributed by atoms with Gasteiger partial charge in [-0.05, 0) is 0 Å². The molecule has 0 N–H and O–H groups in total. The first kappa shape index (κ1) is 8.41. The molecule has 0 rings (SSSR count). The monoisotopic (exact) mass is 130 g/mol. The fourth-order valence-corrected chi connectivity index (χ4v) is 0.770. The van der Waals surface area contributed by atoms with Crippen LogP contribution in [0.4, 0.5) is 0 Å². The molecule has 0 amide bonds. The van der Waals surface area contributed by atoms with Crippen molar-refractivity contribution in [2.24, 2.45) is 0 Å². The first-order chi connectivity index (χ1) is 3.55. The molecule has 0 heterocycles. The normalized spacial score (nSPS) is 10.9. The second-order valence-electron chi connectivity index (χ2n) is 2.98. The summed E-state index contributed by atoms with van der Waals surface area (Å²) < 4.78 is 0. The van der Waals surface area contributed by atoms with Gasteiger partial charge >= 0.3 is 0 Å². The molecule has 0 atom stereocenters. The SMILES string of the molecule is CC(C)B(S)C(C)C. The summed E-state index contributed by atoms with van der Waals surface area (Å²) in [4.78, 5) is 0. The van der Waals surface area contributed by atoms with Crippen LogP contribution < -0.4 is 0 Å². The third kappa shape index (κ3) is 2.66. The van der Waals surface area contributed by atoms with Crippen molar-refractivity contribution in [2.75, 3.05) is 0 Å². The number of thiol groups is 1. The van der Waals surface area contributed by atoms with Crippen molar-refractivity contribution < 1.29 is 0 Å². The van der Waals surface area contributed by atoms with Crippen molar-refractivity contribution in [3.05, 3.63) is 0 Å². The highest BCUT2D eigenvalue weighted by Gasteiger charge is 2.16. The van der Waals surface area contributed by atoms with Gasteiger partial charge < -0.3 is 0 Å². The molecule has 0 nitrogen and oxygen atoms in total. The predicted octanol–water partition coefficient (Wildman–Crippen LogP) is 2.73. The van der Waals surface area contributed by atoms with Crippen molar-refractivity contribution in [2.45, 2.75) is 39.3 Å². The lowest BCUT2D eigenvalue weighted by atomic mass is 9.55. The molecular weight excluding hydrogens is 115 g/mol. The van der Waals surface area contributed by atoms with Gasteiger partial charge in [0.2, 0.25) is 5.99 Å². The smallest absolute Gasteiger partial charge is 0.210 e. The lowest BCUT2D eigenvalue weighted by molar-refractivity contribution is 0.964. The molecule has 0 saturated heterocycles. The van der Waals surface area contributed by atoms with Crippen LogP contribution in [0.25, 0.3) is 0 Å². The lowest BCUT2D eigenvalue weighted by Crippen LogP contribution is -2.12. The molecule has 0 aliphatic rings. The van der Waals surface area contributed by atoms with E-state index in [1.165, 1.54) is 0 Å². The molecule has 0 aliphatic carbocycles. The Morgan fingerprint density at radius 3 is 1.25 bits per heavy atom. The van der Waals surface area contributed by atoms with Crippen LogP contribution in [0.3, 0.4) is 0 Å². The van der Waals surface area contributed by atoms with E-state index in [1.54, 1.807) is 0 Å². The van der Waals surface area contributed by atoms with Gasteiger partial charge in [-0.15, -0.1) is 0 Å². The van der Waals surface area contributed by atoms with Crippen molar-refractivity contribution in [1.82, 2.24) is 0 Å². The fraction of sp³-hybridized carbons (Fsp3) is 1.00. The lowest BCUT2D eigenvalue weighted by Gasteiger charge is -2.13. The zero-order valence-corrected chi connectivity index (χ0v) is 7.07. The maximum Gasteiger partial charge on any atom is 0.210 e. The zero-order chi connectivity index (χ0) is 6.73. The van der Waals surface area contributed by atoms with Crippen LogP contribution in [0.2, 0.25) is 11.6 Å². The topological polar surface area (TPSA) is 0 Å². The van der Waals surface area contributed by atoms with E-state index in [1.807, 2.05) is 0 Å². The van der Waals surface area contributed by atoms with E-state index in [0.29, 0.717) is 17.6 Å². The summed E-state index contributed by atoms with van der Waals surface area (Å²) in [5.41, 5.74) is 0. The van der Waals surface area contributed by atoms with Gasteiger partial charge in [-0.1, -0.05) is 39.3 Å². The van der Waals surface area contributed by atoms with E-state index in [-0.39, 0.29) is 0 Å². The Kier molecular flexibility index (Phi) is 3.62. The maximum absolute atomic E-state index is 4.42. The van der Waals surface area contributed by atoms with Crippen molar-refractivity contribution in [1.29, 1.82) is 0 Å². The molecule has 0 fully saturated rings. The average Bonchev–Trinajstić information content (AvgIpc) is 1.64. The van der Waals surface area contributed by atoms with E-state index in [0.717, 1.165) is 0 Å². The minimum Gasteiger partial charge on any atom is -0.226 e. The van der Waals surface area contributed by atoms with Crippen molar-refractivity contribution in [3.63, 3.8) is 0 Å². The van der Waals surface area contributed by atoms with Gasteiger partial charge in [0.15, 0.2) is 0 Å². The van der Waals surface area contributed by atoms with E-state index in [4.69, 9.17) is 0 Å². The maximum atomic E-state index is 4.42. The molecule has 0 unspecified atom stereocenters. The summed E-state index contributed by atoms with van der Waals surface area (Å²) in [5, 5.41) is 0. The Hall–Kier alpha value is 0.415. The highest BCUT2D eigenvalue weighted by atomic mass is 32.1.